The monoisotopic (exact) mass is 167 g/mol. The van der Waals surface area contributed by atoms with Gasteiger partial charge >= 0.3 is 0 Å². The fourth-order valence-corrected chi connectivity index (χ4v) is 0.535. The number of aliphatic hydroxyl groups excluding tert-OH is 2. The summed E-state index contributed by atoms with van der Waals surface area (Å²) < 4.78 is -0.562. The van der Waals surface area contributed by atoms with Gasteiger partial charge in [-0.05, 0) is 0 Å². The second-order valence-corrected chi connectivity index (χ2v) is 2.19. The van der Waals surface area contributed by atoms with E-state index < -0.39 is 4.65 Å². The highest BCUT2D eigenvalue weighted by molar-refractivity contribution is 4.35. The van der Waals surface area contributed by atoms with E-state index in [4.69, 9.17) is 10.2 Å². The summed E-state index contributed by atoms with van der Waals surface area (Å²) in [5, 5.41) is 27.6. The van der Waals surface area contributed by atoms with Crippen LogP contribution in [0.1, 0.15) is 14.9 Å². The zero-order valence-electron chi connectivity index (χ0n) is 5.58. The Morgan fingerprint density at radius 3 is 1.55 bits per heavy atom. The van der Waals surface area contributed by atoms with E-state index in [1.165, 1.54) is 7.05 Å². The van der Waals surface area contributed by atoms with Crippen LogP contribution in [0.25, 0.3) is 0 Å². The molecule has 0 rings (SSSR count). The Kier molecular flexibility index (Phi) is 12.3. The summed E-state index contributed by atoms with van der Waals surface area (Å²) in [4.78, 5) is 0. The number of nitrogens with zero attached hydrogens (tertiary/aromatic N) is 1. The lowest BCUT2D eigenvalue weighted by molar-refractivity contribution is -0.861. The first-order valence-electron chi connectivity index (χ1n) is 2.89. The fraction of sp³-hybridized carbons (Fsp3) is 1.00. The van der Waals surface area contributed by atoms with Crippen LogP contribution in [0.3, 0.4) is 0 Å². The predicted octanol–water partition coefficient (Wildman–Crippen LogP) is 0.188. The molecule has 0 spiro atoms. The lowest BCUT2D eigenvalue weighted by Crippen LogP contribution is -2.42. The summed E-state index contributed by atoms with van der Waals surface area (Å²) in [6, 6.07) is 0. The fourth-order valence-electron chi connectivity index (χ4n) is 0.535. The van der Waals surface area contributed by atoms with Crippen LogP contribution < -0.4 is 0 Å². The van der Waals surface area contributed by atoms with Gasteiger partial charge in [0.2, 0.25) is 0 Å². The molecule has 72 valence electrons. The third-order valence-corrected chi connectivity index (χ3v) is 1.15. The maximum Gasteiger partial charge on any atom is 0.102 e. The molecule has 0 atom stereocenters. The number of hydroxylamine groups is 3. The molecule has 0 saturated carbocycles. The van der Waals surface area contributed by atoms with E-state index in [9.17, 15) is 5.21 Å². The van der Waals surface area contributed by atoms with Crippen LogP contribution in [0.2, 0.25) is 0 Å². The minimum absolute atomic E-state index is 0. The number of likely N-dealkylation sites (N-methyl/N-ethyl adjacent to an activating group) is 1. The zero-order valence-corrected chi connectivity index (χ0v) is 5.58. The number of hydrogen-bond donors (Lipinski definition) is 2. The molecule has 0 aliphatic carbocycles. The summed E-state index contributed by atoms with van der Waals surface area (Å²) in [7, 11) is 1.42. The van der Waals surface area contributed by atoms with Gasteiger partial charge in [-0.1, -0.05) is 14.9 Å². The van der Waals surface area contributed by atoms with Gasteiger partial charge in [-0.25, -0.2) is 0 Å². The highest BCUT2D eigenvalue weighted by Crippen LogP contribution is 1.94. The van der Waals surface area contributed by atoms with Crippen LogP contribution in [0.15, 0.2) is 0 Å². The molecule has 2 N–H and O–H groups in total. The van der Waals surface area contributed by atoms with E-state index in [0.29, 0.717) is 0 Å². The first kappa shape index (κ1) is 17.1. The highest BCUT2D eigenvalue weighted by Gasteiger charge is 2.06. The molecule has 0 saturated heterocycles. The first-order chi connectivity index (χ1) is 4.12. The number of aliphatic hydroxyl groups is 2. The summed E-state index contributed by atoms with van der Waals surface area (Å²) in [5.41, 5.74) is 0. The average Bonchev–Trinajstić information content (AvgIpc) is 1.64. The molecule has 0 aromatic heterocycles. The lowest BCUT2D eigenvalue weighted by Gasteiger charge is -2.37. The van der Waals surface area contributed by atoms with Crippen LogP contribution in [0.5, 0.6) is 0 Å². The van der Waals surface area contributed by atoms with Crippen molar-refractivity contribution in [3.05, 3.63) is 5.21 Å². The Labute approximate surface area is 69.2 Å². The van der Waals surface area contributed by atoms with Gasteiger partial charge in [0.05, 0.1) is 20.3 Å². The molecule has 0 unspecified atom stereocenters. The van der Waals surface area contributed by atoms with Crippen LogP contribution in [-0.4, -0.2) is 48.2 Å². The number of hydrogen-bond acceptors (Lipinski definition) is 3. The lowest BCUT2D eigenvalue weighted by atomic mass is 10.5. The maximum atomic E-state index is 10.9. The van der Waals surface area contributed by atoms with Crippen LogP contribution in [-0.2, 0) is 0 Å². The van der Waals surface area contributed by atoms with E-state index >= 15 is 0 Å². The number of quaternary nitrogens is 1. The third-order valence-electron chi connectivity index (χ3n) is 1.15. The molecular formula is C7H21NO3. The van der Waals surface area contributed by atoms with Gasteiger partial charge < -0.3 is 20.1 Å². The number of rotatable bonds is 4. The normalized spacial score (nSPS) is 9.82. The molecule has 0 aromatic carbocycles. The van der Waals surface area contributed by atoms with Crippen LogP contribution in [0.4, 0.5) is 0 Å². The Balaban J connectivity index is -0.000000320. The smallest absolute Gasteiger partial charge is 0.102 e. The Morgan fingerprint density at radius 1 is 1.09 bits per heavy atom. The average molecular weight is 167 g/mol. The molecule has 0 fully saturated rings. The van der Waals surface area contributed by atoms with Crippen molar-refractivity contribution in [3.8, 4) is 0 Å². The predicted molar refractivity (Wildman–Crippen MR) is 46.9 cm³/mol. The molecule has 4 nitrogen and oxygen atoms in total. The molecule has 11 heavy (non-hydrogen) atoms. The van der Waals surface area contributed by atoms with Crippen molar-refractivity contribution in [2.24, 2.45) is 0 Å². The molecule has 0 amide bonds. The summed E-state index contributed by atoms with van der Waals surface area (Å²) in [5.74, 6) is 0. The Morgan fingerprint density at radius 2 is 1.36 bits per heavy atom. The molecule has 0 bridgehead atoms. The molecule has 4 heteroatoms. The molecule has 0 heterocycles. The van der Waals surface area contributed by atoms with Gasteiger partial charge in [0.15, 0.2) is 0 Å². The summed E-state index contributed by atoms with van der Waals surface area (Å²) >= 11 is 0. The van der Waals surface area contributed by atoms with Crippen LogP contribution in [0, 0.1) is 5.21 Å². The van der Waals surface area contributed by atoms with E-state index in [1.54, 1.807) is 0 Å². The Bertz CT molecular complexity index is 68.1. The van der Waals surface area contributed by atoms with Gasteiger partial charge in [0.1, 0.15) is 13.1 Å². The largest absolute Gasteiger partial charge is 0.633 e. The van der Waals surface area contributed by atoms with Crippen molar-refractivity contribution in [1.82, 2.24) is 0 Å². The van der Waals surface area contributed by atoms with Crippen molar-refractivity contribution in [3.63, 3.8) is 0 Å². The quantitative estimate of drug-likeness (QED) is 0.464. The molecule has 0 aliphatic heterocycles. The van der Waals surface area contributed by atoms with Crippen molar-refractivity contribution in [2.45, 2.75) is 14.9 Å². The SMILES string of the molecule is C.C.C[N+]([O-])(CCO)CCO. The third kappa shape index (κ3) is 9.84. The summed E-state index contributed by atoms with van der Waals surface area (Å²) in [6.07, 6.45) is 0. The van der Waals surface area contributed by atoms with Gasteiger partial charge in [-0.15, -0.1) is 0 Å². The second-order valence-electron chi connectivity index (χ2n) is 2.19. The maximum absolute atomic E-state index is 10.9. The molecular weight excluding hydrogens is 146 g/mol. The van der Waals surface area contributed by atoms with Crippen molar-refractivity contribution in [2.75, 3.05) is 33.4 Å². The molecule has 0 aliphatic rings. The van der Waals surface area contributed by atoms with E-state index in [2.05, 4.69) is 0 Å². The molecule has 0 radical (unpaired) electrons. The van der Waals surface area contributed by atoms with Gasteiger partial charge in [0, 0.05) is 0 Å². The van der Waals surface area contributed by atoms with E-state index in [1.807, 2.05) is 0 Å². The minimum atomic E-state index is -0.562. The highest BCUT2D eigenvalue weighted by atomic mass is 16.5. The topological polar surface area (TPSA) is 63.5 Å². The second kappa shape index (κ2) is 7.94. The van der Waals surface area contributed by atoms with Gasteiger partial charge in [-0.3, -0.25) is 0 Å². The van der Waals surface area contributed by atoms with Gasteiger partial charge in [0.25, 0.3) is 0 Å². The van der Waals surface area contributed by atoms with Crippen molar-refractivity contribution < 1.29 is 14.9 Å². The van der Waals surface area contributed by atoms with Crippen LogP contribution >= 0.6 is 0 Å². The zero-order chi connectivity index (χ0) is 7.33. The van der Waals surface area contributed by atoms with E-state index in [0.717, 1.165) is 0 Å². The van der Waals surface area contributed by atoms with Gasteiger partial charge in [-0.2, -0.15) is 0 Å². The van der Waals surface area contributed by atoms with Crippen molar-refractivity contribution in [1.29, 1.82) is 0 Å². The molecule has 0 aromatic rings. The summed E-state index contributed by atoms with van der Waals surface area (Å²) in [6.45, 7) is 0.0567. The standard InChI is InChI=1S/C5H13NO3.2CH4/c1-6(9,2-4-7)3-5-8;;/h7-8H,2-5H2,1H3;2*1H4. The first-order valence-corrected chi connectivity index (χ1v) is 2.89. The minimum Gasteiger partial charge on any atom is -0.633 e. The van der Waals surface area contributed by atoms with Crippen molar-refractivity contribution >= 4 is 0 Å². The Hall–Kier alpha value is -0.160. The van der Waals surface area contributed by atoms with E-state index in [-0.39, 0.29) is 41.2 Å².